The van der Waals surface area contributed by atoms with E-state index in [0.717, 1.165) is 43.0 Å². The van der Waals surface area contributed by atoms with E-state index in [-0.39, 0.29) is 24.4 Å². The van der Waals surface area contributed by atoms with Gasteiger partial charge in [0.05, 0.1) is 12.1 Å². The molecule has 2 fully saturated rings. The van der Waals surface area contributed by atoms with E-state index in [0.29, 0.717) is 0 Å². The van der Waals surface area contributed by atoms with E-state index in [4.69, 9.17) is 0 Å². The Labute approximate surface area is 121 Å². The van der Waals surface area contributed by atoms with E-state index in [1.165, 1.54) is 4.90 Å². The lowest BCUT2D eigenvalue weighted by Gasteiger charge is -2.25. The number of hydrogen-bond donors (Lipinski definition) is 1. The van der Waals surface area contributed by atoms with Gasteiger partial charge in [-0.05, 0) is 43.9 Å². The lowest BCUT2D eigenvalue weighted by molar-refractivity contribution is -0.127. The average Bonchev–Trinajstić information content (AvgIpc) is 2.78. The highest BCUT2D eigenvalue weighted by atomic mass is 19.1. The van der Waals surface area contributed by atoms with Gasteiger partial charge < -0.3 is 10.0 Å². The lowest BCUT2D eigenvalue weighted by Crippen LogP contribution is -2.31. The van der Waals surface area contributed by atoms with Crippen molar-refractivity contribution in [1.82, 2.24) is 4.90 Å². The van der Waals surface area contributed by atoms with Crippen molar-refractivity contribution in [3.05, 3.63) is 47.0 Å². The molecule has 1 heterocycles. The Bertz CT molecular complexity index is 594. The van der Waals surface area contributed by atoms with Gasteiger partial charge in [-0.15, -0.1) is 0 Å². The first-order valence-corrected chi connectivity index (χ1v) is 7.17. The number of allylic oxidation sites excluding steroid dienone is 1. The van der Waals surface area contributed by atoms with Gasteiger partial charge in [0.1, 0.15) is 11.6 Å². The van der Waals surface area contributed by atoms with Crippen LogP contribution in [-0.4, -0.2) is 28.6 Å². The molecule has 1 aliphatic carbocycles. The van der Waals surface area contributed by atoms with E-state index in [1.807, 2.05) is 0 Å². The molecule has 1 saturated heterocycles. The summed E-state index contributed by atoms with van der Waals surface area (Å²) in [6, 6.07) is 2.60. The first-order chi connectivity index (χ1) is 10.0. The number of aliphatic hydroxyl groups excluding tert-OH is 1. The lowest BCUT2D eigenvalue weighted by atomic mass is 9.92. The fourth-order valence-corrected chi connectivity index (χ4v) is 2.90. The van der Waals surface area contributed by atoms with Gasteiger partial charge in [-0.2, -0.15) is 0 Å². The van der Waals surface area contributed by atoms with Crippen LogP contribution in [0, 0.1) is 11.6 Å². The van der Waals surface area contributed by atoms with Crippen LogP contribution in [0.5, 0.6) is 0 Å². The Hall–Kier alpha value is -1.75. The number of amides is 1. The number of carbonyl (C=O) groups excluding carboxylic acids is 1. The van der Waals surface area contributed by atoms with Crippen molar-refractivity contribution in [2.24, 2.45) is 0 Å². The molecule has 3 rings (SSSR count). The third-order valence-corrected chi connectivity index (χ3v) is 4.20. The van der Waals surface area contributed by atoms with Crippen molar-refractivity contribution in [3.8, 4) is 0 Å². The molecule has 2 atom stereocenters. The smallest absolute Gasteiger partial charge is 0.247 e. The average molecular weight is 293 g/mol. The number of halogens is 2. The molecule has 0 bridgehead atoms. The summed E-state index contributed by atoms with van der Waals surface area (Å²) in [5.41, 5.74) is 1.21. The molecule has 0 radical (unpaired) electrons. The van der Waals surface area contributed by atoms with Crippen LogP contribution in [0.4, 0.5) is 8.78 Å². The van der Waals surface area contributed by atoms with Crippen LogP contribution in [-0.2, 0) is 4.79 Å². The second-order valence-electron chi connectivity index (χ2n) is 5.72. The summed E-state index contributed by atoms with van der Waals surface area (Å²) in [6.45, 7) is 0.156. The molecular formula is C16H17F2NO2. The third kappa shape index (κ3) is 2.83. The van der Waals surface area contributed by atoms with Gasteiger partial charge >= 0.3 is 0 Å². The van der Waals surface area contributed by atoms with Gasteiger partial charge in [-0.1, -0.05) is 5.57 Å². The third-order valence-electron chi connectivity index (χ3n) is 4.20. The van der Waals surface area contributed by atoms with Crippen LogP contribution >= 0.6 is 0 Å². The maximum Gasteiger partial charge on any atom is 0.247 e. The summed E-state index contributed by atoms with van der Waals surface area (Å²) in [5, 5.41) is 9.81. The number of nitrogens with zero attached hydrogens (tertiary/aromatic N) is 1. The Kier molecular flexibility index (Phi) is 3.76. The number of β-amino-alcohol motifs (C(OH)–C–C–N with tert-alkyl or cyclic N) is 1. The Balaban J connectivity index is 1.88. The van der Waals surface area contributed by atoms with Gasteiger partial charge in [0, 0.05) is 18.2 Å². The fraction of sp³-hybridized carbons (Fsp3) is 0.438. The number of benzene rings is 1. The van der Waals surface area contributed by atoms with E-state index < -0.39 is 23.8 Å². The van der Waals surface area contributed by atoms with Crippen LogP contribution in [0.3, 0.4) is 0 Å². The first-order valence-electron chi connectivity index (χ1n) is 7.17. The summed E-state index contributed by atoms with van der Waals surface area (Å²) in [7, 11) is 0. The second-order valence-corrected chi connectivity index (χ2v) is 5.72. The Morgan fingerprint density at radius 1 is 1.33 bits per heavy atom. The molecule has 2 aliphatic rings. The molecule has 21 heavy (non-hydrogen) atoms. The molecule has 0 spiro atoms. The molecule has 5 heteroatoms. The van der Waals surface area contributed by atoms with Gasteiger partial charge in [-0.3, -0.25) is 4.79 Å². The summed E-state index contributed by atoms with van der Waals surface area (Å²) in [5.74, 6) is -1.32. The number of likely N-dealkylation sites (tertiary alicyclic amines) is 1. The Morgan fingerprint density at radius 3 is 2.76 bits per heavy atom. The van der Waals surface area contributed by atoms with Crippen molar-refractivity contribution >= 4 is 5.91 Å². The zero-order valence-corrected chi connectivity index (χ0v) is 11.6. The number of hydrogen-bond acceptors (Lipinski definition) is 2. The van der Waals surface area contributed by atoms with E-state index >= 15 is 0 Å². The van der Waals surface area contributed by atoms with E-state index in [2.05, 4.69) is 0 Å². The van der Waals surface area contributed by atoms with Crippen molar-refractivity contribution in [1.29, 1.82) is 0 Å². The number of rotatable bonds is 2. The molecule has 2 unspecified atom stereocenters. The van der Waals surface area contributed by atoms with Crippen molar-refractivity contribution in [2.75, 3.05) is 6.54 Å². The molecule has 3 nitrogen and oxygen atoms in total. The standard InChI is InChI=1S/C16H17F2NO2/c17-11-4-5-14(18)13(7-11)15-8-12(20)9-19(15)16(21)6-10-2-1-3-10/h4-7,12,15,20H,1-3,8-9H2. The maximum absolute atomic E-state index is 13.9. The molecule has 112 valence electrons. The minimum atomic E-state index is -0.707. The first kappa shape index (κ1) is 14.2. The highest BCUT2D eigenvalue weighted by molar-refractivity contribution is 5.89. The molecular weight excluding hydrogens is 276 g/mol. The van der Waals surface area contributed by atoms with Crippen LogP contribution in [0.15, 0.2) is 29.8 Å². The minimum Gasteiger partial charge on any atom is -0.391 e. The zero-order chi connectivity index (χ0) is 15.0. The highest BCUT2D eigenvalue weighted by Crippen LogP contribution is 2.35. The quantitative estimate of drug-likeness (QED) is 0.852. The summed E-state index contributed by atoms with van der Waals surface area (Å²) in [4.78, 5) is 13.7. The van der Waals surface area contributed by atoms with Crippen molar-refractivity contribution < 1.29 is 18.7 Å². The van der Waals surface area contributed by atoms with Gasteiger partial charge in [0.25, 0.3) is 0 Å². The molecule has 0 aromatic heterocycles. The van der Waals surface area contributed by atoms with Crippen LogP contribution in [0.1, 0.15) is 37.3 Å². The normalized spacial score (nSPS) is 24.9. The number of aliphatic hydroxyl groups is 1. The van der Waals surface area contributed by atoms with Crippen LogP contribution in [0.2, 0.25) is 0 Å². The molecule has 1 amide bonds. The SMILES string of the molecule is O=C(C=C1CCC1)N1CC(O)CC1c1cc(F)ccc1F. The molecule has 1 aromatic rings. The number of carbonyl (C=O) groups is 1. The fourth-order valence-electron chi connectivity index (χ4n) is 2.90. The Morgan fingerprint density at radius 2 is 2.10 bits per heavy atom. The van der Waals surface area contributed by atoms with E-state index in [1.54, 1.807) is 6.08 Å². The van der Waals surface area contributed by atoms with Crippen molar-refractivity contribution in [3.63, 3.8) is 0 Å². The topological polar surface area (TPSA) is 40.5 Å². The molecule has 1 aromatic carbocycles. The van der Waals surface area contributed by atoms with E-state index in [9.17, 15) is 18.7 Å². The van der Waals surface area contributed by atoms with Crippen molar-refractivity contribution in [2.45, 2.75) is 37.8 Å². The summed E-state index contributed by atoms with van der Waals surface area (Å²) < 4.78 is 27.3. The maximum atomic E-state index is 13.9. The van der Waals surface area contributed by atoms with Crippen LogP contribution < -0.4 is 0 Å². The van der Waals surface area contributed by atoms with Crippen LogP contribution in [0.25, 0.3) is 0 Å². The summed E-state index contributed by atoms with van der Waals surface area (Å²) in [6.07, 6.45) is 4.02. The molecule has 1 saturated carbocycles. The zero-order valence-electron chi connectivity index (χ0n) is 11.6. The largest absolute Gasteiger partial charge is 0.391 e. The second kappa shape index (κ2) is 5.56. The minimum absolute atomic E-state index is 0.131. The molecule has 1 N–H and O–H groups in total. The highest BCUT2D eigenvalue weighted by Gasteiger charge is 2.36. The summed E-state index contributed by atoms with van der Waals surface area (Å²) >= 11 is 0. The van der Waals surface area contributed by atoms with Gasteiger partial charge in [0.2, 0.25) is 5.91 Å². The van der Waals surface area contributed by atoms with Gasteiger partial charge in [0.15, 0.2) is 0 Å². The monoisotopic (exact) mass is 293 g/mol. The predicted octanol–water partition coefficient (Wildman–Crippen LogP) is 2.71. The predicted molar refractivity (Wildman–Crippen MR) is 73.4 cm³/mol. The molecule has 1 aliphatic heterocycles. The van der Waals surface area contributed by atoms with Gasteiger partial charge in [-0.25, -0.2) is 8.78 Å².